The minimum Gasteiger partial charge on any atom is -0.395 e. The third-order valence-electron chi connectivity index (χ3n) is 4.21. The molecule has 0 atom stereocenters. The summed E-state index contributed by atoms with van der Waals surface area (Å²) in [4.78, 5) is 25.0. The molecule has 1 amide bonds. The Kier molecular flexibility index (Phi) is 12.9. The third-order valence-corrected chi connectivity index (χ3v) is 4.21. The van der Waals surface area contributed by atoms with E-state index in [1.54, 1.807) is 6.08 Å². The van der Waals surface area contributed by atoms with Crippen LogP contribution in [0.15, 0.2) is 36.9 Å². The van der Waals surface area contributed by atoms with Gasteiger partial charge in [-0.2, -0.15) is 15.0 Å². The molecule has 0 aliphatic carbocycles. The maximum atomic E-state index is 12.1. The Morgan fingerprint density at radius 1 is 0.971 bits per heavy atom. The summed E-state index contributed by atoms with van der Waals surface area (Å²) in [7, 11) is 0. The van der Waals surface area contributed by atoms with Gasteiger partial charge in [-0.05, 0) is 17.7 Å². The summed E-state index contributed by atoms with van der Waals surface area (Å²) in [6, 6.07) is 7.40. The Hall–Kier alpha value is -3.32. The number of nitrogens with two attached hydrogens (primary N) is 1. The first-order valence-corrected chi connectivity index (χ1v) is 11.1. The zero-order valence-corrected chi connectivity index (χ0v) is 19.3. The van der Waals surface area contributed by atoms with Crippen LogP contribution in [-0.2, 0) is 20.7 Å². The normalized spacial score (nSPS) is 10.5. The number of amides is 1. The number of hydrogen-bond acceptors (Lipinski definition) is 11. The topological polar surface area (TPSA) is 169 Å². The second kappa shape index (κ2) is 16.3. The first-order valence-electron chi connectivity index (χ1n) is 11.1. The Labute approximate surface area is 199 Å². The predicted molar refractivity (Wildman–Crippen MR) is 131 cm³/mol. The van der Waals surface area contributed by atoms with Crippen LogP contribution < -0.4 is 27.0 Å². The standard InChI is InChI=1S/C22H34N8O4/c1-2-8-25-20-28-21(26-9-11-31)30-22(29-20)27-18-5-3-17(4-6-18)16-19(32)24-10-13-34-15-14-33-12-7-23/h2-6,31H,1,7-16,23H2,(H,24,32)(H3,25,26,27,28,29,30). The van der Waals surface area contributed by atoms with E-state index in [9.17, 15) is 4.79 Å². The zero-order chi connectivity index (χ0) is 24.4. The third kappa shape index (κ3) is 11.0. The lowest BCUT2D eigenvalue weighted by atomic mass is 10.1. The summed E-state index contributed by atoms with van der Waals surface area (Å²) in [5.41, 5.74) is 6.95. The molecule has 0 bridgehead atoms. The van der Waals surface area contributed by atoms with Gasteiger partial charge >= 0.3 is 0 Å². The van der Waals surface area contributed by atoms with E-state index in [0.717, 1.165) is 11.3 Å². The SMILES string of the molecule is C=CCNc1nc(NCCO)nc(Nc2ccc(CC(=O)NCCOCCOCCN)cc2)n1. The van der Waals surface area contributed by atoms with Crippen molar-refractivity contribution in [3.8, 4) is 0 Å². The summed E-state index contributed by atoms with van der Waals surface area (Å²) in [5, 5.41) is 20.9. The van der Waals surface area contributed by atoms with Crippen LogP contribution >= 0.6 is 0 Å². The molecule has 0 spiro atoms. The lowest BCUT2D eigenvalue weighted by molar-refractivity contribution is -0.120. The Bertz CT molecular complexity index is 866. The number of hydrogen-bond donors (Lipinski definition) is 6. The molecule has 34 heavy (non-hydrogen) atoms. The van der Waals surface area contributed by atoms with Crippen molar-refractivity contribution in [2.45, 2.75) is 6.42 Å². The molecule has 0 aliphatic heterocycles. The van der Waals surface area contributed by atoms with Crippen LogP contribution in [0.4, 0.5) is 23.5 Å². The van der Waals surface area contributed by atoms with Crippen molar-refractivity contribution in [1.82, 2.24) is 20.3 Å². The second-order valence-corrected chi connectivity index (χ2v) is 6.99. The summed E-state index contributed by atoms with van der Waals surface area (Å²) < 4.78 is 10.6. The Morgan fingerprint density at radius 3 is 2.32 bits per heavy atom. The molecule has 1 aromatic carbocycles. The van der Waals surface area contributed by atoms with Crippen molar-refractivity contribution in [3.63, 3.8) is 0 Å². The average molecular weight is 475 g/mol. The molecule has 12 heteroatoms. The number of nitrogens with zero attached hydrogens (tertiary/aromatic N) is 3. The van der Waals surface area contributed by atoms with Crippen LogP contribution in [0.2, 0.25) is 0 Å². The van der Waals surface area contributed by atoms with Crippen molar-refractivity contribution in [2.24, 2.45) is 5.73 Å². The molecular weight excluding hydrogens is 440 g/mol. The molecule has 0 unspecified atom stereocenters. The van der Waals surface area contributed by atoms with Crippen LogP contribution in [0.5, 0.6) is 0 Å². The van der Waals surface area contributed by atoms with Crippen LogP contribution in [0.25, 0.3) is 0 Å². The number of aliphatic hydroxyl groups is 1. The number of ether oxygens (including phenoxy) is 2. The van der Waals surface area contributed by atoms with Gasteiger partial charge in [-0.25, -0.2) is 0 Å². The zero-order valence-electron chi connectivity index (χ0n) is 19.3. The molecule has 1 aromatic heterocycles. The van der Waals surface area contributed by atoms with Crippen molar-refractivity contribution < 1.29 is 19.4 Å². The highest BCUT2D eigenvalue weighted by molar-refractivity contribution is 5.78. The quantitative estimate of drug-likeness (QED) is 0.129. The summed E-state index contributed by atoms with van der Waals surface area (Å²) >= 11 is 0. The molecular formula is C22H34N8O4. The molecule has 0 radical (unpaired) electrons. The van der Waals surface area contributed by atoms with Crippen molar-refractivity contribution >= 4 is 29.4 Å². The minimum atomic E-state index is -0.0845. The van der Waals surface area contributed by atoms with Crippen LogP contribution in [0, 0.1) is 0 Å². The van der Waals surface area contributed by atoms with Crippen molar-refractivity contribution in [3.05, 3.63) is 42.5 Å². The smallest absolute Gasteiger partial charge is 0.233 e. The maximum Gasteiger partial charge on any atom is 0.233 e. The first-order chi connectivity index (χ1) is 16.6. The van der Waals surface area contributed by atoms with Gasteiger partial charge in [0.2, 0.25) is 23.8 Å². The van der Waals surface area contributed by atoms with E-state index in [4.69, 9.17) is 20.3 Å². The maximum absolute atomic E-state index is 12.1. The summed E-state index contributed by atoms with van der Waals surface area (Å²) in [6.07, 6.45) is 1.95. The average Bonchev–Trinajstić information content (AvgIpc) is 2.84. The van der Waals surface area contributed by atoms with Gasteiger partial charge in [0.15, 0.2) is 0 Å². The van der Waals surface area contributed by atoms with Gasteiger partial charge < -0.3 is 41.6 Å². The summed E-state index contributed by atoms with van der Waals surface area (Å²) in [5.74, 6) is 0.955. The van der Waals surface area contributed by atoms with Crippen LogP contribution in [0.3, 0.4) is 0 Å². The number of carbonyl (C=O) groups is 1. The number of aromatic nitrogens is 3. The molecule has 7 N–H and O–H groups in total. The molecule has 0 fully saturated rings. The largest absolute Gasteiger partial charge is 0.395 e. The Balaban J connectivity index is 1.81. The lowest BCUT2D eigenvalue weighted by Gasteiger charge is -2.11. The van der Waals surface area contributed by atoms with Gasteiger partial charge in [-0.15, -0.1) is 6.58 Å². The van der Waals surface area contributed by atoms with E-state index >= 15 is 0 Å². The van der Waals surface area contributed by atoms with E-state index in [1.807, 2.05) is 24.3 Å². The number of rotatable bonds is 18. The number of nitrogens with one attached hydrogen (secondary N) is 4. The fourth-order valence-corrected chi connectivity index (χ4v) is 2.67. The highest BCUT2D eigenvalue weighted by Gasteiger charge is 2.08. The van der Waals surface area contributed by atoms with Crippen LogP contribution in [0.1, 0.15) is 5.56 Å². The highest BCUT2D eigenvalue weighted by atomic mass is 16.5. The molecule has 1 heterocycles. The summed E-state index contributed by atoms with van der Waals surface area (Å²) in [6.45, 7) is 7.25. The van der Waals surface area contributed by atoms with E-state index in [2.05, 4.69) is 42.8 Å². The van der Waals surface area contributed by atoms with Crippen molar-refractivity contribution in [2.75, 3.05) is 75.2 Å². The van der Waals surface area contributed by atoms with E-state index < -0.39 is 0 Å². The highest BCUT2D eigenvalue weighted by Crippen LogP contribution is 2.17. The van der Waals surface area contributed by atoms with E-state index in [0.29, 0.717) is 70.5 Å². The molecule has 2 aromatic rings. The first kappa shape index (κ1) is 26.9. The molecule has 0 aliphatic rings. The fourth-order valence-electron chi connectivity index (χ4n) is 2.67. The number of anilines is 4. The van der Waals surface area contributed by atoms with Gasteiger partial charge in [0.25, 0.3) is 0 Å². The fraction of sp³-hybridized carbons (Fsp3) is 0.455. The van der Waals surface area contributed by atoms with E-state index in [1.165, 1.54) is 0 Å². The molecule has 12 nitrogen and oxygen atoms in total. The monoisotopic (exact) mass is 474 g/mol. The lowest BCUT2D eigenvalue weighted by Crippen LogP contribution is -2.29. The molecule has 0 saturated heterocycles. The van der Waals surface area contributed by atoms with Gasteiger partial charge in [-0.3, -0.25) is 4.79 Å². The van der Waals surface area contributed by atoms with Gasteiger partial charge in [-0.1, -0.05) is 18.2 Å². The predicted octanol–water partition coefficient (Wildman–Crippen LogP) is 0.268. The van der Waals surface area contributed by atoms with E-state index in [-0.39, 0.29) is 18.9 Å². The van der Waals surface area contributed by atoms with Crippen molar-refractivity contribution in [1.29, 1.82) is 0 Å². The van der Waals surface area contributed by atoms with Gasteiger partial charge in [0.05, 0.1) is 39.5 Å². The second-order valence-electron chi connectivity index (χ2n) is 6.99. The number of benzene rings is 1. The number of carbonyl (C=O) groups excluding carboxylic acids is 1. The number of aliphatic hydroxyl groups excluding tert-OH is 1. The molecule has 0 saturated carbocycles. The van der Waals surface area contributed by atoms with Gasteiger partial charge in [0, 0.05) is 31.9 Å². The molecule has 186 valence electrons. The van der Waals surface area contributed by atoms with Crippen LogP contribution in [-0.4, -0.2) is 85.2 Å². The van der Waals surface area contributed by atoms with Gasteiger partial charge in [0.1, 0.15) is 0 Å². The molecule has 2 rings (SSSR count). The minimum absolute atomic E-state index is 0.0455. The Morgan fingerprint density at radius 2 is 1.65 bits per heavy atom.